The molecule has 0 bridgehead atoms. The first-order valence-electron chi connectivity index (χ1n) is 10.4. The lowest BCUT2D eigenvalue weighted by Crippen LogP contribution is -2.39. The smallest absolute Gasteiger partial charge is 0.492 e. The number of esters is 1. The molecule has 11 heteroatoms. The van der Waals surface area contributed by atoms with Gasteiger partial charge in [-0.25, -0.2) is 4.98 Å². The van der Waals surface area contributed by atoms with E-state index in [0.717, 1.165) is 0 Å². The molecular formula is C22H21F2N3O6. The molecule has 2 aromatic rings. The van der Waals surface area contributed by atoms with Gasteiger partial charge in [0, 0.05) is 24.7 Å². The number of nitrogens with zero attached hydrogens (tertiary/aromatic N) is 2. The van der Waals surface area contributed by atoms with Gasteiger partial charge >= 0.3 is 12.3 Å². The van der Waals surface area contributed by atoms with Gasteiger partial charge in [-0.3, -0.25) is 9.59 Å². The molecule has 1 amide bonds. The summed E-state index contributed by atoms with van der Waals surface area (Å²) in [5.41, 5.74) is -0.746. The van der Waals surface area contributed by atoms with Crippen LogP contribution in [0.2, 0.25) is 0 Å². The summed E-state index contributed by atoms with van der Waals surface area (Å²) in [5, 5.41) is 2.79. The minimum absolute atomic E-state index is 0.0140. The van der Waals surface area contributed by atoms with Crippen LogP contribution in [0, 0.1) is 5.92 Å². The Morgan fingerprint density at radius 2 is 1.97 bits per heavy atom. The summed E-state index contributed by atoms with van der Waals surface area (Å²) in [6, 6.07) is 7.85. The number of carbonyl (C=O) groups excluding carboxylic acids is 2. The summed E-state index contributed by atoms with van der Waals surface area (Å²) in [6.45, 7) is 2.79. The second-order valence-electron chi connectivity index (χ2n) is 8.37. The topological polar surface area (TPSA) is 99.2 Å². The molecule has 5 rings (SSSR count). The summed E-state index contributed by atoms with van der Waals surface area (Å²) in [4.78, 5) is 31.5. The van der Waals surface area contributed by atoms with E-state index in [0.29, 0.717) is 36.7 Å². The van der Waals surface area contributed by atoms with Gasteiger partial charge in [0.1, 0.15) is 29.4 Å². The number of pyridine rings is 1. The zero-order valence-electron chi connectivity index (χ0n) is 17.9. The van der Waals surface area contributed by atoms with Gasteiger partial charge in [-0.15, -0.1) is 8.78 Å². The zero-order valence-corrected chi connectivity index (χ0v) is 17.9. The molecule has 0 radical (unpaired) electrons. The van der Waals surface area contributed by atoms with Gasteiger partial charge in [0.2, 0.25) is 5.91 Å². The van der Waals surface area contributed by atoms with Crippen LogP contribution < -0.4 is 24.4 Å². The fourth-order valence-electron chi connectivity index (χ4n) is 4.27. The third kappa shape index (κ3) is 3.66. The second kappa shape index (κ2) is 7.46. The Labute approximate surface area is 187 Å². The maximum Gasteiger partial charge on any atom is 0.586 e. The van der Waals surface area contributed by atoms with Crippen molar-refractivity contribution in [2.75, 3.05) is 37.0 Å². The maximum atomic E-state index is 13.4. The fraction of sp³-hybridized carbons (Fsp3) is 0.409. The SMILES string of the molecule is COC(=O)[C@H]1CCN(c2cccc(NC(=O)[C@@]3(C)COc4cc5c(cc43)OC(F)(F)O5)n2)C1. The quantitative estimate of drug-likeness (QED) is 0.694. The Kier molecular flexibility index (Phi) is 4.80. The summed E-state index contributed by atoms with van der Waals surface area (Å²) in [5.74, 6) is 0.0331. The summed E-state index contributed by atoms with van der Waals surface area (Å²) in [7, 11) is 1.36. The highest BCUT2D eigenvalue weighted by molar-refractivity contribution is 5.99. The van der Waals surface area contributed by atoms with E-state index in [1.165, 1.54) is 19.2 Å². The Balaban J connectivity index is 1.34. The number of benzene rings is 1. The van der Waals surface area contributed by atoms with Gasteiger partial charge in [0.25, 0.3) is 0 Å². The Morgan fingerprint density at radius 3 is 2.73 bits per heavy atom. The number of nitrogens with one attached hydrogen (secondary N) is 1. The molecule has 0 saturated carbocycles. The predicted octanol–water partition coefficient (Wildman–Crippen LogP) is 2.69. The third-order valence-corrected chi connectivity index (χ3v) is 6.14. The maximum absolute atomic E-state index is 13.4. The Hall–Kier alpha value is -3.63. The monoisotopic (exact) mass is 461 g/mol. The minimum Gasteiger partial charge on any atom is -0.492 e. The number of methoxy groups -OCH3 is 1. The Bertz CT molecular complexity index is 1140. The van der Waals surface area contributed by atoms with Crippen LogP contribution in [0.1, 0.15) is 18.9 Å². The van der Waals surface area contributed by atoms with Crippen LogP contribution in [0.3, 0.4) is 0 Å². The number of amides is 1. The van der Waals surface area contributed by atoms with Crippen molar-refractivity contribution in [1.82, 2.24) is 4.98 Å². The number of carbonyl (C=O) groups is 2. The van der Waals surface area contributed by atoms with Crippen LogP contribution in [0.5, 0.6) is 17.2 Å². The number of hydrogen-bond donors (Lipinski definition) is 1. The van der Waals surface area contributed by atoms with Gasteiger partial charge in [-0.2, -0.15) is 0 Å². The van der Waals surface area contributed by atoms with Crippen LogP contribution >= 0.6 is 0 Å². The first-order valence-corrected chi connectivity index (χ1v) is 10.4. The van der Waals surface area contributed by atoms with E-state index in [2.05, 4.69) is 19.8 Å². The molecule has 1 N–H and O–H groups in total. The van der Waals surface area contributed by atoms with Crippen molar-refractivity contribution in [3.05, 3.63) is 35.9 Å². The molecule has 3 aliphatic heterocycles. The van der Waals surface area contributed by atoms with E-state index in [1.54, 1.807) is 25.1 Å². The van der Waals surface area contributed by atoms with Crippen LogP contribution in [0.15, 0.2) is 30.3 Å². The molecule has 1 aromatic heterocycles. The molecule has 1 saturated heterocycles. The van der Waals surface area contributed by atoms with Crippen molar-refractivity contribution in [3.8, 4) is 17.2 Å². The molecule has 0 aliphatic carbocycles. The van der Waals surface area contributed by atoms with E-state index >= 15 is 0 Å². The van der Waals surface area contributed by atoms with Crippen LogP contribution in [-0.4, -0.2) is 50.0 Å². The lowest BCUT2D eigenvalue weighted by Gasteiger charge is -2.22. The molecule has 174 valence electrons. The van der Waals surface area contributed by atoms with Crippen LogP contribution in [0.25, 0.3) is 0 Å². The highest BCUT2D eigenvalue weighted by atomic mass is 19.3. The highest BCUT2D eigenvalue weighted by Crippen LogP contribution is 2.50. The number of hydrogen-bond acceptors (Lipinski definition) is 8. The standard InChI is InChI=1S/C22H21F2N3O6/c1-21(11-31-14-9-16-15(8-13(14)21)32-22(23,24)33-16)20(29)26-17-4-3-5-18(25-17)27-7-6-12(10-27)19(28)30-2/h3-5,8-9,12H,6-7,10-11H2,1-2H3,(H,25,26,29)/t12-,21-/m0/s1. The van der Waals surface area contributed by atoms with E-state index in [-0.39, 0.29) is 35.7 Å². The van der Waals surface area contributed by atoms with Gasteiger partial charge in [0.05, 0.1) is 13.0 Å². The number of ether oxygens (including phenoxy) is 4. The molecule has 2 atom stereocenters. The van der Waals surface area contributed by atoms with Crippen molar-refractivity contribution in [3.63, 3.8) is 0 Å². The first kappa shape index (κ1) is 21.2. The normalized spacial score (nSPS) is 24.2. The van der Waals surface area contributed by atoms with Crippen molar-refractivity contribution < 1.29 is 37.3 Å². The summed E-state index contributed by atoms with van der Waals surface area (Å²) >= 11 is 0. The Morgan fingerprint density at radius 1 is 1.21 bits per heavy atom. The van der Waals surface area contributed by atoms with E-state index in [1.807, 2.05) is 4.90 Å². The number of fused-ring (bicyclic) bond motifs is 2. The first-order chi connectivity index (χ1) is 15.7. The summed E-state index contributed by atoms with van der Waals surface area (Å²) < 4.78 is 46.2. The largest absolute Gasteiger partial charge is 0.586 e. The van der Waals surface area contributed by atoms with Gasteiger partial charge in [-0.05, 0) is 31.5 Å². The number of alkyl halides is 2. The number of anilines is 2. The molecule has 4 heterocycles. The fourth-order valence-corrected chi connectivity index (χ4v) is 4.27. The molecule has 33 heavy (non-hydrogen) atoms. The summed E-state index contributed by atoms with van der Waals surface area (Å²) in [6.07, 6.45) is -3.10. The highest BCUT2D eigenvalue weighted by Gasteiger charge is 2.49. The van der Waals surface area contributed by atoms with E-state index in [4.69, 9.17) is 9.47 Å². The average Bonchev–Trinajstić information content (AvgIpc) is 3.47. The zero-order chi connectivity index (χ0) is 23.4. The molecule has 0 spiro atoms. The molecule has 0 unspecified atom stereocenters. The minimum atomic E-state index is -3.76. The van der Waals surface area contributed by atoms with Gasteiger partial charge in [0.15, 0.2) is 11.5 Å². The second-order valence-corrected chi connectivity index (χ2v) is 8.37. The lowest BCUT2D eigenvalue weighted by atomic mass is 9.83. The predicted molar refractivity (Wildman–Crippen MR) is 111 cm³/mol. The average molecular weight is 461 g/mol. The van der Waals surface area contributed by atoms with Crippen molar-refractivity contribution in [1.29, 1.82) is 0 Å². The molecule has 3 aliphatic rings. The van der Waals surface area contributed by atoms with Crippen LogP contribution in [-0.2, 0) is 19.7 Å². The lowest BCUT2D eigenvalue weighted by molar-refractivity contribution is -0.286. The molecule has 1 fully saturated rings. The third-order valence-electron chi connectivity index (χ3n) is 6.14. The number of rotatable bonds is 4. The van der Waals surface area contributed by atoms with Crippen molar-refractivity contribution in [2.45, 2.75) is 25.1 Å². The van der Waals surface area contributed by atoms with Crippen LogP contribution in [0.4, 0.5) is 20.4 Å². The molecule has 9 nitrogen and oxygen atoms in total. The molecule has 1 aromatic carbocycles. The van der Waals surface area contributed by atoms with E-state index < -0.39 is 17.6 Å². The van der Waals surface area contributed by atoms with Gasteiger partial charge < -0.3 is 29.2 Å². The number of aromatic nitrogens is 1. The molecular weight excluding hydrogens is 440 g/mol. The number of halogens is 2. The van der Waals surface area contributed by atoms with Gasteiger partial charge in [-0.1, -0.05) is 6.07 Å². The van der Waals surface area contributed by atoms with E-state index in [9.17, 15) is 18.4 Å². The van der Waals surface area contributed by atoms with Crippen molar-refractivity contribution >= 4 is 23.5 Å². The van der Waals surface area contributed by atoms with Crippen molar-refractivity contribution in [2.24, 2.45) is 5.92 Å².